The van der Waals surface area contributed by atoms with Crippen LogP contribution in [0.25, 0.3) is 12.2 Å². The summed E-state index contributed by atoms with van der Waals surface area (Å²) in [5.41, 5.74) is 2.68. The van der Waals surface area contributed by atoms with Crippen LogP contribution < -0.4 is 0 Å². The number of hydrogen-bond donors (Lipinski definition) is 0. The van der Waals surface area contributed by atoms with Crippen LogP contribution in [0.1, 0.15) is 11.1 Å². The number of likely N-dealkylation sites (tertiary alicyclic amines) is 1. The van der Waals surface area contributed by atoms with E-state index in [-0.39, 0.29) is 11.6 Å². The zero-order valence-electron chi connectivity index (χ0n) is 12.9. The first-order chi connectivity index (χ1) is 11.1. The highest BCUT2D eigenvalue weighted by atomic mass is 19.1. The highest BCUT2D eigenvalue weighted by Gasteiger charge is 2.24. The topological polar surface area (TPSA) is 33.2 Å². The minimum absolute atomic E-state index is 0.0248. The van der Waals surface area contributed by atoms with Gasteiger partial charge in [-0.1, -0.05) is 18.2 Å². The molecule has 0 bridgehead atoms. The summed E-state index contributed by atoms with van der Waals surface area (Å²) < 4.78 is 13.8. The van der Waals surface area contributed by atoms with Gasteiger partial charge >= 0.3 is 0 Å². The summed E-state index contributed by atoms with van der Waals surface area (Å²) in [7, 11) is 1.95. The molecule has 0 radical (unpaired) electrons. The van der Waals surface area contributed by atoms with Crippen LogP contribution in [0.4, 0.5) is 4.39 Å². The molecule has 0 saturated carbocycles. The molecule has 1 fully saturated rings. The highest BCUT2D eigenvalue weighted by molar-refractivity contribution is 6.14. The summed E-state index contributed by atoms with van der Waals surface area (Å²) in [5, 5.41) is 0. The molecule has 0 N–H and O–H groups in total. The molecular weight excluding hydrogens is 291 g/mol. The van der Waals surface area contributed by atoms with E-state index < -0.39 is 0 Å². The van der Waals surface area contributed by atoms with Gasteiger partial charge in [-0.3, -0.25) is 14.7 Å². The first-order valence-corrected chi connectivity index (χ1v) is 7.42. The second-order valence-corrected chi connectivity index (χ2v) is 5.64. The maximum Gasteiger partial charge on any atom is 0.187 e. The van der Waals surface area contributed by atoms with Gasteiger partial charge in [-0.25, -0.2) is 4.39 Å². The molecule has 2 heterocycles. The molecule has 1 aliphatic rings. The monoisotopic (exact) mass is 308 g/mol. The predicted octanol–water partition coefficient (Wildman–Crippen LogP) is 3.20. The molecule has 0 amide bonds. The maximum atomic E-state index is 13.8. The third-order valence-corrected chi connectivity index (χ3v) is 3.75. The molecule has 0 atom stereocenters. The van der Waals surface area contributed by atoms with E-state index in [9.17, 15) is 9.18 Å². The number of pyridine rings is 1. The fourth-order valence-electron chi connectivity index (χ4n) is 2.65. The van der Waals surface area contributed by atoms with Crippen molar-refractivity contribution in [3.63, 3.8) is 0 Å². The van der Waals surface area contributed by atoms with E-state index in [2.05, 4.69) is 4.98 Å². The lowest BCUT2D eigenvalue weighted by Gasteiger charge is -2.26. The molecule has 1 aromatic carbocycles. The Balaban J connectivity index is 1.95. The van der Waals surface area contributed by atoms with E-state index in [0.717, 1.165) is 5.56 Å². The smallest absolute Gasteiger partial charge is 0.187 e. The maximum absolute atomic E-state index is 13.8. The number of nitrogens with zero attached hydrogens (tertiary/aromatic N) is 2. The van der Waals surface area contributed by atoms with Crippen molar-refractivity contribution in [2.75, 3.05) is 20.1 Å². The summed E-state index contributed by atoms with van der Waals surface area (Å²) >= 11 is 0. The molecule has 1 aromatic heterocycles. The standard InChI is InChI=1S/C19H17FN2O/c1-22-12-16(10-14-6-8-21-9-7-14)19(23)17(13-22)11-15-4-2-3-5-18(15)20/h2-11H,12-13H2,1H3/b16-10+,17-11+. The van der Waals surface area contributed by atoms with Gasteiger partial charge in [0, 0.05) is 42.2 Å². The summed E-state index contributed by atoms with van der Waals surface area (Å²) in [6, 6.07) is 10.2. The fourth-order valence-corrected chi connectivity index (χ4v) is 2.65. The lowest BCUT2D eigenvalue weighted by Crippen LogP contribution is -2.34. The van der Waals surface area contributed by atoms with Gasteiger partial charge < -0.3 is 0 Å². The first kappa shape index (κ1) is 15.3. The summed E-state index contributed by atoms with van der Waals surface area (Å²) in [5.74, 6) is -0.344. The van der Waals surface area contributed by atoms with Gasteiger partial charge in [-0.2, -0.15) is 0 Å². The van der Waals surface area contributed by atoms with Crippen LogP contribution >= 0.6 is 0 Å². The van der Waals surface area contributed by atoms with Crippen molar-refractivity contribution in [3.05, 3.63) is 76.9 Å². The van der Waals surface area contributed by atoms with E-state index in [4.69, 9.17) is 0 Å². The summed E-state index contributed by atoms with van der Waals surface area (Å²) in [6.07, 6.45) is 6.90. The third kappa shape index (κ3) is 3.60. The Kier molecular flexibility index (Phi) is 4.44. The van der Waals surface area contributed by atoms with Gasteiger partial charge in [0.25, 0.3) is 0 Å². The second kappa shape index (κ2) is 6.67. The van der Waals surface area contributed by atoms with Crippen molar-refractivity contribution in [3.8, 4) is 0 Å². The van der Waals surface area contributed by atoms with Gasteiger partial charge in [0.15, 0.2) is 5.78 Å². The number of ketones is 1. The van der Waals surface area contributed by atoms with E-state index in [1.165, 1.54) is 6.07 Å². The number of aromatic nitrogens is 1. The van der Waals surface area contributed by atoms with Crippen LogP contribution in [0.2, 0.25) is 0 Å². The van der Waals surface area contributed by atoms with Crippen molar-refractivity contribution in [1.82, 2.24) is 9.88 Å². The van der Waals surface area contributed by atoms with Crippen LogP contribution in [0.15, 0.2) is 59.9 Å². The molecule has 0 aliphatic carbocycles. The van der Waals surface area contributed by atoms with Crippen molar-refractivity contribution < 1.29 is 9.18 Å². The lowest BCUT2D eigenvalue weighted by atomic mass is 9.94. The number of likely N-dealkylation sites (N-methyl/N-ethyl adjacent to an activating group) is 1. The van der Waals surface area contributed by atoms with Crippen molar-refractivity contribution in [2.24, 2.45) is 0 Å². The quantitative estimate of drug-likeness (QED) is 0.799. The number of carbonyl (C=O) groups is 1. The molecule has 4 heteroatoms. The van der Waals surface area contributed by atoms with Gasteiger partial charge in [0.2, 0.25) is 0 Å². The molecule has 3 nitrogen and oxygen atoms in total. The van der Waals surface area contributed by atoms with Crippen LogP contribution in [0, 0.1) is 5.82 Å². The molecule has 116 valence electrons. The van der Waals surface area contributed by atoms with Crippen LogP contribution in [-0.2, 0) is 4.79 Å². The Morgan fingerprint density at radius 3 is 2.39 bits per heavy atom. The molecule has 23 heavy (non-hydrogen) atoms. The average molecular weight is 308 g/mol. The molecule has 1 saturated heterocycles. The number of Topliss-reactive ketones (excluding diaryl/α,β-unsaturated/α-hetero) is 1. The first-order valence-electron chi connectivity index (χ1n) is 7.42. The number of halogens is 1. The normalized spacial score (nSPS) is 19.5. The fraction of sp³-hybridized carbons (Fsp3) is 0.158. The summed E-state index contributed by atoms with van der Waals surface area (Å²) in [4.78, 5) is 18.7. The average Bonchev–Trinajstić information content (AvgIpc) is 2.55. The molecule has 1 aliphatic heterocycles. The number of rotatable bonds is 2. The Bertz CT molecular complexity index is 781. The van der Waals surface area contributed by atoms with Gasteiger partial charge in [0.1, 0.15) is 5.82 Å². The Labute approximate surface area is 134 Å². The Hall–Kier alpha value is -2.59. The number of benzene rings is 1. The Morgan fingerprint density at radius 2 is 1.70 bits per heavy atom. The minimum atomic E-state index is -0.319. The Morgan fingerprint density at radius 1 is 1.04 bits per heavy atom. The molecule has 0 spiro atoms. The minimum Gasteiger partial charge on any atom is -0.298 e. The van der Waals surface area contributed by atoms with Gasteiger partial charge in [-0.05, 0) is 43.0 Å². The largest absolute Gasteiger partial charge is 0.298 e. The SMILES string of the molecule is CN1C/C(=C\c2ccncc2)C(=O)/C(=C/c2ccccc2F)C1. The van der Waals surface area contributed by atoms with E-state index in [1.807, 2.05) is 30.2 Å². The van der Waals surface area contributed by atoms with Crippen molar-refractivity contribution in [1.29, 1.82) is 0 Å². The molecule has 0 unspecified atom stereocenters. The van der Waals surface area contributed by atoms with Crippen LogP contribution in [0.5, 0.6) is 0 Å². The van der Waals surface area contributed by atoms with Gasteiger partial charge in [0.05, 0.1) is 0 Å². The number of hydrogen-bond acceptors (Lipinski definition) is 3. The van der Waals surface area contributed by atoms with Crippen molar-refractivity contribution >= 4 is 17.9 Å². The van der Waals surface area contributed by atoms with E-state index >= 15 is 0 Å². The van der Waals surface area contributed by atoms with E-state index in [1.54, 1.807) is 36.7 Å². The third-order valence-electron chi connectivity index (χ3n) is 3.75. The molecular formula is C19H17FN2O. The lowest BCUT2D eigenvalue weighted by molar-refractivity contribution is -0.113. The van der Waals surface area contributed by atoms with Crippen LogP contribution in [0.3, 0.4) is 0 Å². The van der Waals surface area contributed by atoms with Gasteiger partial charge in [-0.15, -0.1) is 0 Å². The van der Waals surface area contributed by atoms with Crippen molar-refractivity contribution in [2.45, 2.75) is 0 Å². The zero-order chi connectivity index (χ0) is 16.2. The number of carbonyl (C=O) groups excluding carboxylic acids is 1. The summed E-state index contributed by atoms with van der Waals surface area (Å²) in [6.45, 7) is 1.09. The van der Waals surface area contributed by atoms with Crippen LogP contribution in [-0.4, -0.2) is 35.8 Å². The van der Waals surface area contributed by atoms with E-state index in [0.29, 0.717) is 29.8 Å². The zero-order valence-corrected chi connectivity index (χ0v) is 12.9. The molecule has 2 aromatic rings. The second-order valence-electron chi connectivity index (χ2n) is 5.64. The predicted molar refractivity (Wildman–Crippen MR) is 89.1 cm³/mol. The highest BCUT2D eigenvalue weighted by Crippen LogP contribution is 2.21. The number of piperidine rings is 1. The molecule has 3 rings (SSSR count).